The number of nitrogens with one attached hydrogen (secondary N) is 1. The van der Waals surface area contributed by atoms with E-state index in [0.717, 1.165) is 0 Å². The van der Waals surface area contributed by atoms with Crippen molar-refractivity contribution >= 4 is 34.8 Å². The van der Waals surface area contributed by atoms with Crippen LogP contribution in [0.3, 0.4) is 0 Å². The second kappa shape index (κ2) is 5.24. The Bertz CT molecular complexity index is 366. The fraction of sp³-hybridized carbons (Fsp3) is 0.300. The summed E-state index contributed by atoms with van der Waals surface area (Å²) < 4.78 is 5.06. The second-order valence-corrected chi connectivity index (χ2v) is 4.04. The first-order valence-corrected chi connectivity index (χ1v) is 5.14. The van der Waals surface area contributed by atoms with E-state index in [2.05, 4.69) is 5.32 Å². The smallest absolute Gasteiger partial charge is 0.242 e. The maximum absolute atomic E-state index is 11.3. The summed E-state index contributed by atoms with van der Waals surface area (Å²) in [5.41, 5.74) is 0.516. The molecule has 0 aromatic heterocycles. The quantitative estimate of drug-likeness (QED) is 0.835. The van der Waals surface area contributed by atoms with Crippen LogP contribution >= 0.6 is 23.2 Å². The zero-order valence-corrected chi connectivity index (χ0v) is 9.89. The number of rotatable bonds is 3. The van der Waals surface area contributed by atoms with Gasteiger partial charge in [-0.25, -0.2) is 0 Å². The van der Waals surface area contributed by atoms with Crippen LogP contribution in [0.25, 0.3) is 0 Å². The normalized spacial score (nSPS) is 12.0. The third-order valence-electron chi connectivity index (χ3n) is 1.78. The van der Waals surface area contributed by atoms with Gasteiger partial charge in [0.25, 0.3) is 0 Å². The Morgan fingerprint density at radius 3 is 2.73 bits per heavy atom. The average Bonchev–Trinajstić information content (AvgIpc) is 2.18. The van der Waals surface area contributed by atoms with Crippen molar-refractivity contribution < 1.29 is 9.53 Å². The Hall–Kier alpha value is -0.930. The molecule has 0 bridgehead atoms. The summed E-state index contributed by atoms with van der Waals surface area (Å²) in [6.07, 6.45) is 0. The van der Waals surface area contributed by atoms with E-state index >= 15 is 0 Å². The Kier molecular flexibility index (Phi) is 4.24. The van der Waals surface area contributed by atoms with Gasteiger partial charge in [-0.2, -0.15) is 0 Å². The predicted octanol–water partition coefficient (Wildman–Crippen LogP) is 2.91. The molecule has 0 radical (unpaired) electrons. The first-order chi connectivity index (χ1) is 7.04. The van der Waals surface area contributed by atoms with Gasteiger partial charge in [-0.05, 0) is 25.1 Å². The fourth-order valence-electron chi connectivity index (χ4n) is 1.01. The topological polar surface area (TPSA) is 38.3 Å². The van der Waals surface area contributed by atoms with E-state index < -0.39 is 5.38 Å². The Labute approximate surface area is 98.3 Å². The van der Waals surface area contributed by atoms with E-state index in [4.69, 9.17) is 27.9 Å². The zero-order chi connectivity index (χ0) is 11.4. The number of carbonyl (C=O) groups is 1. The third kappa shape index (κ3) is 3.29. The summed E-state index contributed by atoms with van der Waals surface area (Å²) in [5.74, 6) is 0.252. The number of carbonyl (C=O) groups excluding carboxylic acids is 1. The minimum absolute atomic E-state index is 0.294. The van der Waals surface area contributed by atoms with Crippen molar-refractivity contribution in [3.8, 4) is 5.75 Å². The van der Waals surface area contributed by atoms with Gasteiger partial charge in [0.15, 0.2) is 0 Å². The molecule has 5 heteroatoms. The molecule has 1 rings (SSSR count). The van der Waals surface area contributed by atoms with Crippen LogP contribution in [0, 0.1) is 0 Å². The third-order valence-corrected chi connectivity index (χ3v) is 2.21. The van der Waals surface area contributed by atoms with Crippen molar-refractivity contribution in [2.75, 3.05) is 12.4 Å². The first-order valence-electron chi connectivity index (χ1n) is 4.33. The van der Waals surface area contributed by atoms with Gasteiger partial charge in [0, 0.05) is 5.02 Å². The van der Waals surface area contributed by atoms with Gasteiger partial charge in [-0.3, -0.25) is 4.79 Å². The van der Waals surface area contributed by atoms with Gasteiger partial charge >= 0.3 is 0 Å². The average molecular weight is 248 g/mol. The van der Waals surface area contributed by atoms with E-state index in [9.17, 15) is 4.79 Å². The molecule has 1 amide bonds. The van der Waals surface area contributed by atoms with Gasteiger partial charge in [-0.15, -0.1) is 11.6 Å². The molecule has 1 atom stereocenters. The number of halogens is 2. The first kappa shape index (κ1) is 12.1. The van der Waals surface area contributed by atoms with Crippen LogP contribution in [0.15, 0.2) is 18.2 Å². The maximum Gasteiger partial charge on any atom is 0.242 e. The van der Waals surface area contributed by atoms with Crippen LogP contribution in [0.1, 0.15) is 6.92 Å². The van der Waals surface area contributed by atoms with Crippen molar-refractivity contribution in [1.29, 1.82) is 0 Å². The molecule has 3 nitrogen and oxygen atoms in total. The molecule has 15 heavy (non-hydrogen) atoms. The number of amides is 1. The van der Waals surface area contributed by atoms with E-state index in [-0.39, 0.29) is 5.91 Å². The number of hydrogen-bond donors (Lipinski definition) is 1. The van der Waals surface area contributed by atoms with Crippen molar-refractivity contribution in [1.82, 2.24) is 0 Å². The van der Waals surface area contributed by atoms with Crippen molar-refractivity contribution in [2.24, 2.45) is 0 Å². The minimum atomic E-state index is -0.603. The van der Waals surface area contributed by atoms with Crippen LogP contribution < -0.4 is 10.1 Å². The summed E-state index contributed by atoms with van der Waals surface area (Å²) >= 11 is 11.4. The largest absolute Gasteiger partial charge is 0.495 e. The number of alkyl halides is 1. The molecule has 0 aliphatic carbocycles. The molecule has 0 heterocycles. The molecular weight excluding hydrogens is 237 g/mol. The number of ether oxygens (including phenoxy) is 1. The van der Waals surface area contributed by atoms with Crippen LogP contribution in [-0.2, 0) is 4.79 Å². The highest BCUT2D eigenvalue weighted by atomic mass is 35.5. The maximum atomic E-state index is 11.3. The summed E-state index contributed by atoms with van der Waals surface area (Å²) in [4.78, 5) is 11.3. The molecule has 0 aliphatic rings. The molecule has 1 aromatic rings. The standard InChI is InChI=1S/C10H11Cl2NO2/c1-6(11)10(14)13-8-5-7(12)3-4-9(8)15-2/h3-6H,1-2H3,(H,13,14)/t6-/m0/s1. The molecule has 0 unspecified atom stereocenters. The fourth-order valence-corrected chi connectivity index (χ4v) is 1.24. The van der Waals surface area contributed by atoms with Gasteiger partial charge < -0.3 is 10.1 Å². The van der Waals surface area contributed by atoms with Gasteiger partial charge in [0.05, 0.1) is 12.8 Å². The molecule has 1 N–H and O–H groups in total. The van der Waals surface area contributed by atoms with Gasteiger partial charge in [0.2, 0.25) is 5.91 Å². The highest BCUT2D eigenvalue weighted by molar-refractivity contribution is 6.33. The van der Waals surface area contributed by atoms with Crippen molar-refractivity contribution in [3.63, 3.8) is 0 Å². The Morgan fingerprint density at radius 2 is 2.20 bits per heavy atom. The van der Waals surface area contributed by atoms with E-state index in [1.807, 2.05) is 0 Å². The molecule has 0 saturated heterocycles. The summed E-state index contributed by atoms with van der Waals surface area (Å²) in [7, 11) is 1.52. The Morgan fingerprint density at radius 1 is 1.53 bits per heavy atom. The predicted molar refractivity (Wildman–Crippen MR) is 61.9 cm³/mol. The second-order valence-electron chi connectivity index (χ2n) is 2.95. The highest BCUT2D eigenvalue weighted by Gasteiger charge is 2.12. The van der Waals surface area contributed by atoms with E-state index in [1.54, 1.807) is 25.1 Å². The molecule has 0 aliphatic heterocycles. The lowest BCUT2D eigenvalue weighted by Gasteiger charge is -2.11. The van der Waals surface area contributed by atoms with Crippen molar-refractivity contribution in [2.45, 2.75) is 12.3 Å². The van der Waals surface area contributed by atoms with E-state index in [0.29, 0.717) is 16.5 Å². The molecule has 1 aromatic carbocycles. The van der Waals surface area contributed by atoms with Crippen LogP contribution in [0.2, 0.25) is 5.02 Å². The number of anilines is 1. The van der Waals surface area contributed by atoms with Crippen LogP contribution in [0.5, 0.6) is 5.75 Å². The number of methoxy groups -OCH3 is 1. The molecular formula is C10H11Cl2NO2. The van der Waals surface area contributed by atoms with Crippen LogP contribution in [0.4, 0.5) is 5.69 Å². The SMILES string of the molecule is COc1ccc(Cl)cc1NC(=O)[C@H](C)Cl. The molecule has 82 valence electrons. The lowest BCUT2D eigenvalue weighted by molar-refractivity contribution is -0.115. The molecule has 0 spiro atoms. The monoisotopic (exact) mass is 247 g/mol. The minimum Gasteiger partial charge on any atom is -0.495 e. The van der Waals surface area contributed by atoms with Gasteiger partial charge in [0.1, 0.15) is 11.1 Å². The summed E-state index contributed by atoms with van der Waals surface area (Å²) in [6.45, 7) is 1.59. The van der Waals surface area contributed by atoms with E-state index in [1.165, 1.54) is 7.11 Å². The molecule has 0 fully saturated rings. The Balaban J connectivity index is 2.92. The lowest BCUT2D eigenvalue weighted by atomic mass is 10.3. The highest BCUT2D eigenvalue weighted by Crippen LogP contribution is 2.27. The number of benzene rings is 1. The van der Waals surface area contributed by atoms with Crippen molar-refractivity contribution in [3.05, 3.63) is 23.2 Å². The zero-order valence-electron chi connectivity index (χ0n) is 8.38. The molecule has 0 saturated carbocycles. The van der Waals surface area contributed by atoms with Crippen LogP contribution in [-0.4, -0.2) is 18.4 Å². The number of hydrogen-bond acceptors (Lipinski definition) is 2. The lowest BCUT2D eigenvalue weighted by Crippen LogP contribution is -2.20. The summed E-state index contributed by atoms with van der Waals surface area (Å²) in [5, 5.41) is 2.54. The van der Waals surface area contributed by atoms with Gasteiger partial charge in [-0.1, -0.05) is 11.6 Å². The summed E-state index contributed by atoms with van der Waals surface area (Å²) in [6, 6.07) is 4.97.